The highest BCUT2D eigenvalue weighted by Gasteiger charge is 2.32. The van der Waals surface area contributed by atoms with Crippen molar-refractivity contribution in [3.63, 3.8) is 0 Å². The number of hydrogen-bond acceptors (Lipinski definition) is 4. The lowest BCUT2D eigenvalue weighted by Crippen LogP contribution is -2.53. The topological polar surface area (TPSA) is 67.6 Å². The number of nitrogens with zero attached hydrogens (tertiary/aromatic N) is 3. The maximum Gasteiger partial charge on any atom is 0.244 e. The van der Waals surface area contributed by atoms with Crippen LogP contribution in [-0.4, -0.2) is 47.7 Å². The van der Waals surface area contributed by atoms with Crippen molar-refractivity contribution in [2.75, 3.05) is 24.5 Å². The van der Waals surface area contributed by atoms with Crippen molar-refractivity contribution < 1.29 is 14.3 Å². The number of benzene rings is 1. The number of carbonyl (C=O) groups excluding carboxylic acids is 1. The molecule has 1 aliphatic rings. The Labute approximate surface area is 142 Å². The molecule has 0 bridgehead atoms. The molecule has 1 fully saturated rings. The fourth-order valence-electron chi connectivity index (χ4n) is 2.96. The Hall–Kier alpha value is -1.97. The number of nitriles is 1. The summed E-state index contributed by atoms with van der Waals surface area (Å²) in [5.74, 6) is -0.276. The zero-order valence-corrected chi connectivity index (χ0v) is 14.2. The van der Waals surface area contributed by atoms with Gasteiger partial charge in [-0.25, -0.2) is 4.39 Å². The fourth-order valence-corrected chi connectivity index (χ4v) is 2.96. The second-order valence-electron chi connectivity index (χ2n) is 6.38. The number of halogens is 1. The molecular weight excluding hydrogens is 309 g/mol. The van der Waals surface area contributed by atoms with Crippen LogP contribution in [0.3, 0.4) is 0 Å². The van der Waals surface area contributed by atoms with E-state index in [2.05, 4.69) is 0 Å². The minimum absolute atomic E-state index is 0.140. The summed E-state index contributed by atoms with van der Waals surface area (Å²) >= 11 is 0. The summed E-state index contributed by atoms with van der Waals surface area (Å²) in [6.07, 6.45) is 0.607. The van der Waals surface area contributed by atoms with Gasteiger partial charge in [0.2, 0.25) is 5.91 Å². The van der Waals surface area contributed by atoms with Crippen molar-refractivity contribution in [1.29, 1.82) is 5.26 Å². The first-order valence-corrected chi connectivity index (χ1v) is 8.30. The van der Waals surface area contributed by atoms with Gasteiger partial charge in [-0.15, -0.1) is 0 Å². The highest BCUT2D eigenvalue weighted by molar-refractivity contribution is 5.97. The Kier molecular flexibility index (Phi) is 6.29. The predicted octanol–water partition coefficient (Wildman–Crippen LogP) is 2.16. The molecule has 0 radical (unpaired) electrons. The highest BCUT2D eigenvalue weighted by atomic mass is 19.1. The van der Waals surface area contributed by atoms with Crippen LogP contribution in [-0.2, 0) is 4.79 Å². The lowest BCUT2D eigenvalue weighted by molar-refractivity contribution is -0.124. The van der Waals surface area contributed by atoms with E-state index < -0.39 is 12.1 Å². The van der Waals surface area contributed by atoms with Gasteiger partial charge in [-0.05, 0) is 50.1 Å². The monoisotopic (exact) mass is 333 g/mol. The zero-order valence-electron chi connectivity index (χ0n) is 14.2. The quantitative estimate of drug-likeness (QED) is 0.897. The number of rotatable bonds is 5. The third-order valence-corrected chi connectivity index (χ3v) is 4.71. The van der Waals surface area contributed by atoms with Crippen LogP contribution in [0.5, 0.6) is 0 Å². The summed E-state index contributed by atoms with van der Waals surface area (Å²) < 4.78 is 13.1. The number of piperidine rings is 1. The third-order valence-electron chi connectivity index (χ3n) is 4.71. The first-order chi connectivity index (χ1) is 11.4. The molecule has 1 aliphatic heterocycles. The molecule has 1 aromatic rings. The first-order valence-electron chi connectivity index (χ1n) is 8.30. The maximum atomic E-state index is 13.1. The summed E-state index contributed by atoms with van der Waals surface area (Å²) in [4.78, 5) is 16.4. The van der Waals surface area contributed by atoms with Crippen molar-refractivity contribution in [2.45, 2.75) is 38.8 Å². The molecule has 0 saturated carbocycles. The van der Waals surface area contributed by atoms with E-state index in [1.807, 2.05) is 24.8 Å². The van der Waals surface area contributed by atoms with Crippen molar-refractivity contribution in [3.8, 4) is 6.07 Å². The zero-order chi connectivity index (χ0) is 17.7. The van der Waals surface area contributed by atoms with Crippen LogP contribution in [0.15, 0.2) is 24.3 Å². The normalized spacial score (nSPS) is 22.6. The molecule has 1 aromatic carbocycles. The van der Waals surface area contributed by atoms with Crippen molar-refractivity contribution >= 4 is 11.6 Å². The fraction of sp³-hybridized carbons (Fsp3) is 0.556. The molecule has 1 heterocycles. The standard InChI is InChI=1S/C18H24FN3O2/c1-13-8-11-21(12-17(13)23)14(2)18(24)22(10-3-9-20)16-6-4-15(19)5-7-16/h4-7,13-14,17,23H,3,8,10-12H2,1-2H3. The summed E-state index contributed by atoms with van der Waals surface area (Å²) in [7, 11) is 0. The highest BCUT2D eigenvalue weighted by Crippen LogP contribution is 2.22. The SMILES string of the molecule is CC1CCN(C(C)C(=O)N(CCC#N)c2ccc(F)cc2)CC1O. The number of anilines is 1. The van der Waals surface area contributed by atoms with E-state index in [1.165, 1.54) is 17.0 Å². The smallest absolute Gasteiger partial charge is 0.244 e. The van der Waals surface area contributed by atoms with Crippen LogP contribution in [0, 0.1) is 23.1 Å². The van der Waals surface area contributed by atoms with Gasteiger partial charge in [-0.2, -0.15) is 5.26 Å². The largest absolute Gasteiger partial charge is 0.392 e. The van der Waals surface area contributed by atoms with Gasteiger partial charge in [-0.1, -0.05) is 6.92 Å². The average molecular weight is 333 g/mol. The number of aliphatic hydroxyl groups excluding tert-OH is 1. The number of β-amino-alcohol motifs (C(OH)–C–C–N with tert-alkyl or cyclic N) is 1. The molecule has 1 saturated heterocycles. The van der Waals surface area contributed by atoms with Crippen LogP contribution >= 0.6 is 0 Å². The Bertz CT molecular complexity index is 599. The molecule has 0 spiro atoms. The summed E-state index contributed by atoms with van der Waals surface area (Å²) in [6.45, 7) is 5.29. The van der Waals surface area contributed by atoms with E-state index in [0.717, 1.165) is 13.0 Å². The minimum Gasteiger partial charge on any atom is -0.392 e. The molecule has 0 aliphatic carbocycles. The van der Waals surface area contributed by atoms with Gasteiger partial charge in [0.25, 0.3) is 0 Å². The van der Waals surface area contributed by atoms with Crippen LogP contribution in [0.4, 0.5) is 10.1 Å². The Morgan fingerprint density at radius 2 is 2.17 bits per heavy atom. The average Bonchev–Trinajstić information content (AvgIpc) is 2.58. The van der Waals surface area contributed by atoms with Gasteiger partial charge in [0.05, 0.1) is 24.6 Å². The van der Waals surface area contributed by atoms with Crippen LogP contribution in [0.25, 0.3) is 0 Å². The van der Waals surface area contributed by atoms with Crippen LogP contribution in [0.2, 0.25) is 0 Å². The molecule has 6 heteroatoms. The molecule has 2 rings (SSSR count). The van der Waals surface area contributed by atoms with Gasteiger partial charge in [-0.3, -0.25) is 9.69 Å². The number of amides is 1. The maximum absolute atomic E-state index is 13.1. The molecule has 3 unspecified atom stereocenters. The van der Waals surface area contributed by atoms with Gasteiger partial charge < -0.3 is 10.0 Å². The molecule has 1 amide bonds. The number of hydrogen-bond donors (Lipinski definition) is 1. The van der Waals surface area contributed by atoms with Gasteiger partial charge in [0.15, 0.2) is 0 Å². The van der Waals surface area contributed by atoms with Gasteiger partial charge in [0, 0.05) is 18.8 Å². The Balaban J connectivity index is 2.14. The van der Waals surface area contributed by atoms with Crippen LogP contribution in [0.1, 0.15) is 26.7 Å². The van der Waals surface area contributed by atoms with Gasteiger partial charge >= 0.3 is 0 Å². The van der Waals surface area contributed by atoms with E-state index in [1.54, 1.807) is 12.1 Å². The molecule has 24 heavy (non-hydrogen) atoms. The number of aliphatic hydroxyl groups is 1. The lowest BCUT2D eigenvalue weighted by Gasteiger charge is -2.39. The van der Waals surface area contributed by atoms with E-state index in [-0.39, 0.29) is 30.6 Å². The summed E-state index contributed by atoms with van der Waals surface area (Å²) in [6, 6.07) is 7.34. The Morgan fingerprint density at radius 3 is 2.75 bits per heavy atom. The molecule has 0 aromatic heterocycles. The van der Waals surface area contributed by atoms with Gasteiger partial charge in [0.1, 0.15) is 5.82 Å². The third kappa shape index (κ3) is 4.31. The molecule has 1 N–H and O–H groups in total. The van der Waals surface area contributed by atoms with E-state index in [9.17, 15) is 14.3 Å². The second kappa shape index (κ2) is 8.22. The van der Waals surface area contributed by atoms with E-state index >= 15 is 0 Å². The van der Waals surface area contributed by atoms with Crippen molar-refractivity contribution in [1.82, 2.24) is 4.90 Å². The van der Waals surface area contributed by atoms with E-state index in [0.29, 0.717) is 12.2 Å². The first kappa shape index (κ1) is 18.4. The van der Waals surface area contributed by atoms with E-state index in [4.69, 9.17) is 5.26 Å². The number of likely N-dealkylation sites (tertiary alicyclic amines) is 1. The number of carbonyl (C=O) groups is 1. The minimum atomic E-state index is -0.438. The molecule has 3 atom stereocenters. The molecular formula is C18H24FN3O2. The molecule has 130 valence electrons. The summed E-state index contributed by atoms with van der Waals surface area (Å²) in [5.41, 5.74) is 0.578. The Morgan fingerprint density at radius 1 is 1.50 bits per heavy atom. The lowest BCUT2D eigenvalue weighted by atomic mass is 9.95. The molecule has 5 nitrogen and oxygen atoms in total. The summed E-state index contributed by atoms with van der Waals surface area (Å²) in [5, 5.41) is 18.9. The van der Waals surface area contributed by atoms with Crippen LogP contribution < -0.4 is 4.90 Å². The van der Waals surface area contributed by atoms with Crippen molar-refractivity contribution in [2.24, 2.45) is 5.92 Å². The second-order valence-corrected chi connectivity index (χ2v) is 6.38. The van der Waals surface area contributed by atoms with Crippen molar-refractivity contribution in [3.05, 3.63) is 30.1 Å². The predicted molar refractivity (Wildman–Crippen MR) is 89.8 cm³/mol.